The zero-order chi connectivity index (χ0) is 39.1. The fraction of sp³-hybridized carbons (Fsp3) is 0.224. The molecule has 0 saturated carbocycles. The molecule has 9 heteroatoms. The maximum absolute atomic E-state index is 6.56. The Labute approximate surface area is 369 Å². The molecular weight excluding hydrogens is 1080 g/mol. The summed E-state index contributed by atoms with van der Waals surface area (Å²) in [6, 6.07) is 38.5. The SMILES string of the molecule is Cc1ccnc(-c2[c-]c(Oc3[c-]c4c(cc3)c3ccc(Oc5[c-]c(-c6cc(C)ccn6)cc(C(C)C)c5)[c-]c3n4-c3ncc(C(C)C)cn3)cc(C(C)C)c2)c1.[Pt+2].[Pt+2]. The second kappa shape index (κ2) is 17.9. The van der Waals surface area contributed by atoms with Crippen LogP contribution in [0.5, 0.6) is 23.0 Å². The van der Waals surface area contributed by atoms with E-state index >= 15 is 0 Å². The van der Waals surface area contributed by atoms with Crippen molar-refractivity contribution in [3.05, 3.63) is 150 Å². The molecule has 0 unspecified atom stereocenters. The molecule has 0 N–H and O–H groups in total. The van der Waals surface area contributed by atoms with Crippen LogP contribution in [-0.2, 0) is 42.1 Å². The molecule has 0 atom stereocenters. The Morgan fingerprint density at radius 1 is 0.483 bits per heavy atom. The molecule has 8 rings (SSSR count). The molecular formula is C49H43N5O2Pt2. The van der Waals surface area contributed by atoms with E-state index in [1.165, 1.54) is 0 Å². The first-order valence-corrected chi connectivity index (χ1v) is 19.1. The van der Waals surface area contributed by atoms with Gasteiger partial charge in [-0.3, -0.25) is 0 Å². The van der Waals surface area contributed by atoms with Crippen LogP contribution in [0.1, 0.15) is 87.1 Å². The van der Waals surface area contributed by atoms with Crippen LogP contribution in [0.4, 0.5) is 0 Å². The van der Waals surface area contributed by atoms with Crippen molar-refractivity contribution >= 4 is 21.8 Å². The Morgan fingerprint density at radius 3 is 1.31 bits per heavy atom. The fourth-order valence-electron chi connectivity index (χ4n) is 6.68. The van der Waals surface area contributed by atoms with E-state index in [9.17, 15) is 0 Å². The summed E-state index contributed by atoms with van der Waals surface area (Å²) in [5.74, 6) is 3.59. The third kappa shape index (κ3) is 9.02. The molecule has 0 saturated heterocycles. The van der Waals surface area contributed by atoms with Gasteiger partial charge in [0.15, 0.2) is 0 Å². The topological polar surface area (TPSA) is 75.0 Å². The maximum atomic E-state index is 6.56. The summed E-state index contributed by atoms with van der Waals surface area (Å²) < 4.78 is 15.1. The number of rotatable bonds is 10. The molecule has 296 valence electrons. The van der Waals surface area contributed by atoms with Crippen molar-refractivity contribution in [1.82, 2.24) is 24.5 Å². The number of fused-ring (bicyclic) bond motifs is 3. The zero-order valence-corrected chi connectivity index (χ0v) is 38.2. The van der Waals surface area contributed by atoms with E-state index in [0.29, 0.717) is 28.9 Å². The Hall–Kier alpha value is -4.96. The second-order valence-electron chi connectivity index (χ2n) is 15.3. The molecule has 0 spiro atoms. The van der Waals surface area contributed by atoms with Crippen molar-refractivity contribution in [1.29, 1.82) is 0 Å². The van der Waals surface area contributed by atoms with Crippen LogP contribution in [0.2, 0.25) is 0 Å². The molecule has 0 aliphatic heterocycles. The van der Waals surface area contributed by atoms with E-state index in [2.05, 4.69) is 114 Å². The van der Waals surface area contributed by atoms with E-state index in [1.807, 2.05) is 77.9 Å². The first-order chi connectivity index (χ1) is 27.0. The Morgan fingerprint density at radius 2 is 0.914 bits per heavy atom. The predicted molar refractivity (Wildman–Crippen MR) is 223 cm³/mol. The van der Waals surface area contributed by atoms with E-state index in [1.54, 1.807) is 0 Å². The Kier molecular flexibility index (Phi) is 13.2. The van der Waals surface area contributed by atoms with Crippen molar-refractivity contribution in [2.45, 2.75) is 73.1 Å². The second-order valence-corrected chi connectivity index (χ2v) is 15.3. The van der Waals surface area contributed by atoms with Crippen LogP contribution in [0, 0.1) is 38.1 Å². The molecule has 0 aliphatic carbocycles. The van der Waals surface area contributed by atoms with Crippen LogP contribution in [0.3, 0.4) is 0 Å². The minimum atomic E-state index is 0. The molecule has 4 heterocycles. The monoisotopic (exact) mass is 1120 g/mol. The van der Waals surface area contributed by atoms with Gasteiger partial charge in [0.25, 0.3) is 0 Å². The van der Waals surface area contributed by atoms with Gasteiger partial charge in [-0.25, -0.2) is 9.97 Å². The molecule has 8 aromatic rings. The van der Waals surface area contributed by atoms with Crippen LogP contribution >= 0.6 is 0 Å². The van der Waals surface area contributed by atoms with E-state index in [0.717, 1.165) is 72.1 Å². The molecule has 0 fully saturated rings. The summed E-state index contributed by atoms with van der Waals surface area (Å²) in [6.45, 7) is 17.1. The van der Waals surface area contributed by atoms with Gasteiger partial charge in [0.1, 0.15) is 0 Å². The van der Waals surface area contributed by atoms with Crippen molar-refractivity contribution in [2.75, 3.05) is 0 Å². The molecule has 4 aromatic carbocycles. The van der Waals surface area contributed by atoms with Gasteiger partial charge in [0.2, 0.25) is 5.95 Å². The summed E-state index contributed by atoms with van der Waals surface area (Å²) in [7, 11) is 0. The van der Waals surface area contributed by atoms with Gasteiger partial charge in [-0.1, -0.05) is 100 Å². The van der Waals surface area contributed by atoms with Gasteiger partial charge in [-0.15, -0.1) is 58.7 Å². The average molecular weight is 1120 g/mol. The molecule has 58 heavy (non-hydrogen) atoms. The molecule has 0 aliphatic rings. The Bertz CT molecular complexity index is 2560. The van der Waals surface area contributed by atoms with E-state index < -0.39 is 0 Å². The first kappa shape index (κ1) is 42.6. The summed E-state index contributed by atoms with van der Waals surface area (Å²) >= 11 is 0. The third-order valence-electron chi connectivity index (χ3n) is 9.95. The van der Waals surface area contributed by atoms with Crippen molar-refractivity contribution in [3.63, 3.8) is 0 Å². The first-order valence-electron chi connectivity index (χ1n) is 19.1. The average Bonchev–Trinajstić information content (AvgIpc) is 3.50. The summed E-state index contributed by atoms with van der Waals surface area (Å²) in [4.78, 5) is 18.9. The summed E-state index contributed by atoms with van der Waals surface area (Å²) in [6.07, 6.45) is 7.41. The number of pyridine rings is 2. The number of aromatic nitrogens is 5. The van der Waals surface area contributed by atoms with Crippen LogP contribution in [0.15, 0.2) is 97.6 Å². The van der Waals surface area contributed by atoms with Gasteiger partial charge in [-0.05, 0) is 60.7 Å². The quantitative estimate of drug-likeness (QED) is 0.127. The largest absolute Gasteiger partial charge is 2.00 e. The zero-order valence-electron chi connectivity index (χ0n) is 33.7. The van der Waals surface area contributed by atoms with Crippen LogP contribution < -0.4 is 9.47 Å². The standard InChI is InChI=1S/C49H43N5O2.2Pt/c1-29(2)34-19-36(45-17-32(7)13-15-50-45)23-41(21-34)55-39-9-11-43-44-12-10-40(26-48(44)54(47(43)25-39)49-52-27-38(28-53-49)31(5)6)56-42-22-35(30(3)4)20-37(24-42)46-18-33(8)14-16-51-46;;/h9-22,27-31H,1-8H3;;/q-4;2*+2. The molecule has 0 amide bonds. The normalized spacial score (nSPS) is 11.3. The maximum Gasteiger partial charge on any atom is 2.00 e. The number of ether oxygens (including phenoxy) is 2. The number of aryl methyl sites for hydroxylation is 2. The molecule has 7 nitrogen and oxygen atoms in total. The number of hydrogen-bond donors (Lipinski definition) is 0. The smallest absolute Gasteiger partial charge is 0.503 e. The van der Waals surface area contributed by atoms with Crippen molar-refractivity contribution < 1.29 is 51.6 Å². The molecule has 0 bridgehead atoms. The minimum Gasteiger partial charge on any atom is -0.503 e. The van der Waals surface area contributed by atoms with E-state index in [-0.39, 0.29) is 59.9 Å². The van der Waals surface area contributed by atoms with Crippen molar-refractivity contribution in [3.8, 4) is 51.5 Å². The van der Waals surface area contributed by atoms with Gasteiger partial charge >= 0.3 is 42.1 Å². The van der Waals surface area contributed by atoms with Gasteiger partial charge in [-0.2, -0.15) is 22.9 Å². The summed E-state index contributed by atoms with van der Waals surface area (Å²) in [5.41, 5.74) is 10.5. The van der Waals surface area contributed by atoms with Crippen LogP contribution in [-0.4, -0.2) is 24.5 Å². The number of nitrogens with zero attached hydrogens (tertiary/aromatic N) is 5. The Balaban J connectivity index is 0.00000283. The third-order valence-corrected chi connectivity index (χ3v) is 9.95. The van der Waals surface area contributed by atoms with Crippen LogP contribution in [0.25, 0.3) is 50.3 Å². The van der Waals surface area contributed by atoms with Gasteiger partial charge in [0.05, 0.1) is 0 Å². The fourth-order valence-corrected chi connectivity index (χ4v) is 6.68. The van der Waals surface area contributed by atoms with Crippen molar-refractivity contribution in [2.24, 2.45) is 0 Å². The van der Waals surface area contributed by atoms with Gasteiger partial charge < -0.3 is 24.0 Å². The number of hydrogen-bond acceptors (Lipinski definition) is 6. The van der Waals surface area contributed by atoms with Gasteiger partial charge in [0, 0.05) is 47.8 Å². The number of benzene rings is 4. The molecule has 4 aromatic heterocycles. The summed E-state index contributed by atoms with van der Waals surface area (Å²) in [5, 5.41) is 1.91. The van der Waals surface area contributed by atoms with E-state index in [4.69, 9.17) is 19.4 Å². The minimum absolute atomic E-state index is 0. The molecule has 0 radical (unpaired) electrons. The predicted octanol–water partition coefficient (Wildman–Crippen LogP) is 12.5.